The lowest BCUT2D eigenvalue weighted by Crippen LogP contribution is -2.54. The first-order chi connectivity index (χ1) is 22.2. The van der Waals surface area contributed by atoms with Gasteiger partial charge >= 0.3 is 0 Å². The van der Waals surface area contributed by atoms with Crippen molar-refractivity contribution in [2.24, 2.45) is 0 Å². The first-order valence-corrected chi connectivity index (χ1v) is 17.2. The van der Waals surface area contributed by atoms with E-state index in [-0.39, 0.29) is 11.3 Å². The van der Waals surface area contributed by atoms with Gasteiger partial charge in [0, 0.05) is 24.6 Å². The maximum atomic E-state index is 14.6. The first-order valence-electron chi connectivity index (χ1n) is 15.7. The zero-order valence-electron chi connectivity index (χ0n) is 27.0. The van der Waals surface area contributed by atoms with Crippen molar-refractivity contribution in [2.45, 2.75) is 48.4 Å². The van der Waals surface area contributed by atoms with Gasteiger partial charge in [-0.3, -0.25) is 0 Å². The van der Waals surface area contributed by atoms with Gasteiger partial charge in [0.2, 0.25) is 9.84 Å². The second-order valence-electron chi connectivity index (χ2n) is 11.8. The monoisotopic (exact) mass is 643 g/mol. The number of sulfone groups is 1. The zero-order valence-corrected chi connectivity index (χ0v) is 27.8. The molecule has 8 nitrogen and oxygen atoms in total. The second kappa shape index (κ2) is 14.7. The number of unbranched alkanes of at least 4 members (excludes halogenated alkanes) is 1. The maximum absolute atomic E-state index is 14.6. The van der Waals surface area contributed by atoms with Gasteiger partial charge in [0.1, 0.15) is 5.75 Å². The van der Waals surface area contributed by atoms with E-state index in [0.29, 0.717) is 23.5 Å². The molecule has 1 aliphatic rings. The van der Waals surface area contributed by atoms with Gasteiger partial charge in [0.05, 0.1) is 25.7 Å². The molecule has 1 heterocycles. The summed E-state index contributed by atoms with van der Waals surface area (Å²) < 4.78 is 46.3. The highest BCUT2D eigenvalue weighted by atomic mass is 32.2. The maximum Gasteiger partial charge on any atom is 0.201 e. The van der Waals surface area contributed by atoms with Crippen LogP contribution in [0, 0.1) is 5.21 Å². The van der Waals surface area contributed by atoms with Crippen molar-refractivity contribution in [1.29, 1.82) is 0 Å². The van der Waals surface area contributed by atoms with E-state index >= 15 is 0 Å². The Kier molecular flexibility index (Phi) is 10.7. The SMILES string of the molecule is COc1ccc(CCN(C)CCCCOc2ccccc2C2(Cc3ccccc3)N([O-])C(C)c3ccccc3S2(=O)=O)cc1OC. The average Bonchev–Trinajstić information content (AvgIpc) is 3.08. The molecule has 1 aliphatic heterocycles. The van der Waals surface area contributed by atoms with Crippen molar-refractivity contribution in [3.05, 3.63) is 125 Å². The Morgan fingerprint density at radius 3 is 2.26 bits per heavy atom. The van der Waals surface area contributed by atoms with Crippen molar-refractivity contribution < 1.29 is 22.6 Å². The number of fused-ring (bicyclic) bond motifs is 1. The van der Waals surface area contributed by atoms with E-state index in [0.717, 1.165) is 54.5 Å². The van der Waals surface area contributed by atoms with Crippen LogP contribution in [0.15, 0.2) is 102 Å². The Morgan fingerprint density at radius 2 is 1.50 bits per heavy atom. The minimum Gasteiger partial charge on any atom is -0.783 e. The molecule has 0 fully saturated rings. The topological polar surface area (TPSA) is 91.4 Å². The number of para-hydroxylation sites is 1. The summed E-state index contributed by atoms with van der Waals surface area (Å²) in [4.78, 5) is 0.571. The lowest BCUT2D eigenvalue weighted by Gasteiger charge is -2.55. The van der Waals surface area contributed by atoms with Gasteiger partial charge < -0.3 is 29.4 Å². The molecule has 46 heavy (non-hydrogen) atoms. The molecule has 0 aliphatic carbocycles. The van der Waals surface area contributed by atoms with E-state index in [1.807, 2.05) is 48.5 Å². The number of likely N-dealkylation sites (N-methyl/N-ethyl adjacent to an activating group) is 1. The number of nitrogens with zero attached hydrogens (tertiary/aromatic N) is 2. The summed E-state index contributed by atoms with van der Waals surface area (Å²) in [5.41, 5.74) is 2.80. The van der Waals surface area contributed by atoms with Gasteiger partial charge in [-0.1, -0.05) is 72.8 Å². The van der Waals surface area contributed by atoms with E-state index in [1.54, 1.807) is 63.6 Å². The van der Waals surface area contributed by atoms with Crippen LogP contribution in [0.2, 0.25) is 0 Å². The predicted octanol–water partition coefficient (Wildman–Crippen LogP) is 6.78. The summed E-state index contributed by atoms with van der Waals surface area (Å²) in [6.07, 6.45) is 2.54. The highest BCUT2D eigenvalue weighted by Crippen LogP contribution is 2.52. The molecule has 244 valence electrons. The van der Waals surface area contributed by atoms with E-state index in [2.05, 4.69) is 18.0 Å². The molecule has 2 atom stereocenters. The number of hydrogen-bond acceptors (Lipinski definition) is 8. The molecule has 0 saturated heterocycles. The lowest BCUT2D eigenvalue weighted by atomic mass is 9.94. The fraction of sp³-hybridized carbons (Fsp3) is 0.351. The molecular weight excluding hydrogens is 600 g/mol. The number of hydrogen-bond donors (Lipinski definition) is 0. The van der Waals surface area contributed by atoms with Crippen molar-refractivity contribution >= 4 is 9.84 Å². The molecule has 0 N–H and O–H groups in total. The van der Waals surface area contributed by atoms with Gasteiger partial charge in [0.15, 0.2) is 16.4 Å². The number of ether oxygens (including phenoxy) is 3. The van der Waals surface area contributed by atoms with E-state index in [1.165, 1.54) is 5.56 Å². The molecular formula is C37H43N2O6S-. The van der Waals surface area contributed by atoms with Crippen LogP contribution in [0.1, 0.15) is 48.1 Å². The van der Waals surface area contributed by atoms with Gasteiger partial charge in [-0.05, 0) is 80.7 Å². The van der Waals surface area contributed by atoms with Gasteiger partial charge in [-0.15, -0.1) is 0 Å². The Morgan fingerprint density at radius 1 is 0.804 bits per heavy atom. The number of hydroxylamine groups is 2. The second-order valence-corrected chi connectivity index (χ2v) is 13.9. The summed E-state index contributed by atoms with van der Waals surface area (Å²) in [7, 11) is 1.20. The summed E-state index contributed by atoms with van der Waals surface area (Å²) >= 11 is 0. The third-order valence-corrected chi connectivity index (χ3v) is 11.2. The zero-order chi connectivity index (χ0) is 32.7. The quantitative estimate of drug-likeness (QED) is 0.139. The highest BCUT2D eigenvalue weighted by molar-refractivity contribution is 7.92. The summed E-state index contributed by atoms with van der Waals surface area (Å²) in [6.45, 7) is 3.93. The molecule has 2 unspecified atom stereocenters. The fourth-order valence-corrected chi connectivity index (χ4v) is 8.64. The van der Waals surface area contributed by atoms with Gasteiger partial charge in [-0.25, -0.2) is 8.42 Å². The normalized spacial score (nSPS) is 19.0. The molecule has 0 saturated carbocycles. The molecule has 0 spiro atoms. The molecule has 0 amide bonds. The predicted molar refractivity (Wildman–Crippen MR) is 181 cm³/mol. The van der Waals surface area contributed by atoms with Gasteiger partial charge in [-0.2, -0.15) is 0 Å². The van der Waals surface area contributed by atoms with Crippen molar-refractivity contribution in [2.75, 3.05) is 41.0 Å². The van der Waals surface area contributed by atoms with Crippen molar-refractivity contribution in [3.63, 3.8) is 0 Å². The Balaban J connectivity index is 1.30. The summed E-state index contributed by atoms with van der Waals surface area (Å²) in [6, 6.07) is 28.5. The van der Waals surface area contributed by atoms with Crippen molar-refractivity contribution in [3.8, 4) is 17.2 Å². The third-order valence-electron chi connectivity index (χ3n) is 8.83. The molecule has 5 rings (SSSR count). The average molecular weight is 644 g/mol. The fourth-order valence-electron chi connectivity index (χ4n) is 6.26. The van der Waals surface area contributed by atoms with Crippen molar-refractivity contribution in [1.82, 2.24) is 9.96 Å². The third kappa shape index (κ3) is 6.64. The molecule has 4 aromatic carbocycles. The Hall–Kier alpha value is -3.89. The van der Waals surface area contributed by atoms with Crippen LogP contribution in [0.5, 0.6) is 17.2 Å². The van der Waals surface area contributed by atoms with E-state index < -0.39 is 20.8 Å². The van der Waals surface area contributed by atoms with Crippen LogP contribution in [0.3, 0.4) is 0 Å². The standard InChI is InChI=1S/C37H43N2O6S/c1-28-31-16-8-11-19-36(31)46(41,42)37(39(28)40,27-30-14-6-5-7-15-30)32-17-9-10-18-33(32)45-25-13-12-23-38(2)24-22-29-20-21-34(43-3)35(26-29)44-4/h5-11,14-21,26,28H,12-13,22-25,27H2,1-4H3/q-1. The minimum atomic E-state index is -4.17. The lowest BCUT2D eigenvalue weighted by molar-refractivity contribution is 0.158. The van der Waals surface area contributed by atoms with Crippen LogP contribution >= 0.6 is 0 Å². The highest BCUT2D eigenvalue weighted by Gasteiger charge is 2.54. The molecule has 9 heteroatoms. The van der Waals surface area contributed by atoms with Crippen LogP contribution in [0.25, 0.3) is 0 Å². The van der Waals surface area contributed by atoms with Crippen LogP contribution in [-0.4, -0.2) is 59.3 Å². The number of rotatable bonds is 14. The molecule has 0 aromatic heterocycles. The van der Waals surface area contributed by atoms with Crippen LogP contribution in [-0.2, 0) is 27.5 Å². The van der Waals surface area contributed by atoms with Gasteiger partial charge in [0.25, 0.3) is 0 Å². The molecule has 0 bridgehead atoms. The molecule has 4 aromatic rings. The Bertz CT molecular complexity index is 1710. The number of methoxy groups -OCH3 is 2. The Labute approximate surface area is 273 Å². The van der Waals surface area contributed by atoms with Crippen LogP contribution < -0.4 is 14.2 Å². The smallest absolute Gasteiger partial charge is 0.201 e. The minimum absolute atomic E-state index is 0.0103. The number of benzene rings is 4. The first kappa shape index (κ1) is 33.5. The van der Waals surface area contributed by atoms with E-state index in [9.17, 15) is 13.6 Å². The van der Waals surface area contributed by atoms with Crippen LogP contribution in [0.4, 0.5) is 0 Å². The largest absolute Gasteiger partial charge is 0.783 e. The van der Waals surface area contributed by atoms with E-state index in [4.69, 9.17) is 14.2 Å². The summed E-state index contributed by atoms with van der Waals surface area (Å²) in [5, 5.41) is 15.1. The summed E-state index contributed by atoms with van der Waals surface area (Å²) in [5.74, 6) is 1.86. The molecule has 0 radical (unpaired) electrons.